The first-order valence-electron chi connectivity index (χ1n) is 6.35. The summed E-state index contributed by atoms with van der Waals surface area (Å²) in [5, 5.41) is 0.743. The SMILES string of the molecule is Cn1ccnc1CCC(=O)CSC1CCCC1. The van der Waals surface area contributed by atoms with E-state index in [1.807, 2.05) is 29.6 Å². The standard InChI is InChI=1S/C13H20N2OS/c1-15-9-8-14-13(15)7-6-11(16)10-17-12-4-2-3-5-12/h8-9,12H,2-7,10H2,1H3. The molecule has 0 atom stereocenters. The van der Waals surface area contributed by atoms with Crippen LogP contribution in [0, 0.1) is 0 Å². The number of imidazole rings is 1. The summed E-state index contributed by atoms with van der Waals surface area (Å²) in [5.41, 5.74) is 0. The maximum absolute atomic E-state index is 11.7. The number of thioether (sulfide) groups is 1. The molecule has 0 bridgehead atoms. The van der Waals surface area contributed by atoms with Crippen LogP contribution in [0.2, 0.25) is 0 Å². The summed E-state index contributed by atoms with van der Waals surface area (Å²) in [6, 6.07) is 0. The van der Waals surface area contributed by atoms with Crippen molar-refractivity contribution in [3.63, 3.8) is 0 Å². The first-order chi connectivity index (χ1) is 8.25. The van der Waals surface area contributed by atoms with E-state index >= 15 is 0 Å². The summed E-state index contributed by atoms with van der Waals surface area (Å²) in [7, 11) is 1.97. The lowest BCUT2D eigenvalue weighted by Crippen LogP contribution is -2.08. The number of carbonyl (C=O) groups is 1. The highest BCUT2D eigenvalue weighted by molar-refractivity contribution is 8.00. The number of hydrogen-bond acceptors (Lipinski definition) is 3. The minimum Gasteiger partial charge on any atom is -0.338 e. The number of hydrogen-bond donors (Lipinski definition) is 0. The van der Waals surface area contributed by atoms with Crippen molar-refractivity contribution in [3.8, 4) is 0 Å². The molecular formula is C13H20N2OS. The van der Waals surface area contributed by atoms with Gasteiger partial charge < -0.3 is 4.57 Å². The third-order valence-electron chi connectivity index (χ3n) is 3.33. The number of Topliss-reactive ketones (excluding diaryl/α,β-unsaturated/α-hetero) is 1. The van der Waals surface area contributed by atoms with Gasteiger partial charge in [0, 0.05) is 37.5 Å². The van der Waals surface area contributed by atoms with Gasteiger partial charge in [-0.25, -0.2) is 4.98 Å². The lowest BCUT2D eigenvalue weighted by Gasteiger charge is -2.07. The molecule has 1 heterocycles. The molecule has 3 nitrogen and oxygen atoms in total. The van der Waals surface area contributed by atoms with Gasteiger partial charge in [0.1, 0.15) is 11.6 Å². The molecule has 1 aliphatic rings. The highest BCUT2D eigenvalue weighted by Gasteiger charge is 2.16. The fourth-order valence-corrected chi connectivity index (χ4v) is 3.46. The number of aryl methyl sites for hydroxylation is 2. The summed E-state index contributed by atoms with van der Waals surface area (Å²) >= 11 is 1.86. The van der Waals surface area contributed by atoms with Crippen molar-refractivity contribution in [2.75, 3.05) is 5.75 Å². The van der Waals surface area contributed by atoms with Gasteiger partial charge in [-0.15, -0.1) is 0 Å². The highest BCUT2D eigenvalue weighted by Crippen LogP contribution is 2.29. The molecule has 17 heavy (non-hydrogen) atoms. The lowest BCUT2D eigenvalue weighted by molar-refractivity contribution is -0.116. The Morgan fingerprint density at radius 1 is 1.53 bits per heavy atom. The molecule has 0 saturated heterocycles. The average Bonchev–Trinajstić information content (AvgIpc) is 2.95. The van der Waals surface area contributed by atoms with E-state index in [0.29, 0.717) is 18.0 Å². The molecule has 1 aromatic heterocycles. The van der Waals surface area contributed by atoms with E-state index in [2.05, 4.69) is 4.98 Å². The van der Waals surface area contributed by atoms with Crippen molar-refractivity contribution in [1.82, 2.24) is 9.55 Å². The zero-order chi connectivity index (χ0) is 12.1. The van der Waals surface area contributed by atoms with Crippen LogP contribution in [0.25, 0.3) is 0 Å². The van der Waals surface area contributed by atoms with Crippen molar-refractivity contribution in [3.05, 3.63) is 18.2 Å². The van der Waals surface area contributed by atoms with Gasteiger partial charge in [0.15, 0.2) is 0 Å². The molecule has 94 valence electrons. The second-order valence-corrected chi connectivity index (χ2v) is 6.00. The normalized spacial score (nSPS) is 16.5. The molecule has 0 aromatic carbocycles. The summed E-state index contributed by atoms with van der Waals surface area (Å²) < 4.78 is 1.98. The molecule has 4 heteroatoms. The number of rotatable bonds is 6. The van der Waals surface area contributed by atoms with Crippen LogP contribution in [-0.4, -0.2) is 26.3 Å². The van der Waals surface area contributed by atoms with E-state index in [9.17, 15) is 4.79 Å². The van der Waals surface area contributed by atoms with E-state index in [-0.39, 0.29) is 0 Å². The van der Waals surface area contributed by atoms with E-state index < -0.39 is 0 Å². The van der Waals surface area contributed by atoms with Crippen LogP contribution < -0.4 is 0 Å². The molecule has 0 unspecified atom stereocenters. The van der Waals surface area contributed by atoms with E-state index in [1.54, 1.807) is 6.20 Å². The first kappa shape index (κ1) is 12.7. The third-order valence-corrected chi connectivity index (χ3v) is 4.76. The van der Waals surface area contributed by atoms with Gasteiger partial charge in [0.25, 0.3) is 0 Å². The quantitative estimate of drug-likeness (QED) is 0.780. The summed E-state index contributed by atoms with van der Waals surface area (Å²) in [6.07, 6.45) is 10.4. The smallest absolute Gasteiger partial charge is 0.143 e. The minimum absolute atomic E-state index is 0.366. The zero-order valence-corrected chi connectivity index (χ0v) is 11.2. The van der Waals surface area contributed by atoms with Gasteiger partial charge in [-0.1, -0.05) is 12.8 Å². The Morgan fingerprint density at radius 2 is 2.29 bits per heavy atom. The van der Waals surface area contributed by atoms with Crippen molar-refractivity contribution in [1.29, 1.82) is 0 Å². The number of aromatic nitrogens is 2. The van der Waals surface area contributed by atoms with Gasteiger partial charge >= 0.3 is 0 Å². The maximum atomic E-state index is 11.7. The van der Waals surface area contributed by atoms with E-state index in [4.69, 9.17) is 0 Å². The van der Waals surface area contributed by atoms with Crippen molar-refractivity contribution < 1.29 is 4.79 Å². The molecular weight excluding hydrogens is 232 g/mol. The second-order valence-electron chi connectivity index (χ2n) is 4.71. The topological polar surface area (TPSA) is 34.9 Å². The van der Waals surface area contributed by atoms with Crippen LogP contribution in [0.3, 0.4) is 0 Å². The Bertz CT molecular complexity index is 369. The summed E-state index contributed by atoms with van der Waals surface area (Å²) in [5.74, 6) is 2.06. The average molecular weight is 252 g/mol. The van der Waals surface area contributed by atoms with Gasteiger partial charge in [-0.2, -0.15) is 11.8 Å². The first-order valence-corrected chi connectivity index (χ1v) is 7.40. The molecule has 0 N–H and O–H groups in total. The largest absolute Gasteiger partial charge is 0.338 e. The molecule has 1 aliphatic carbocycles. The van der Waals surface area contributed by atoms with Gasteiger partial charge in [0.2, 0.25) is 0 Å². The monoisotopic (exact) mass is 252 g/mol. The Kier molecular flexibility index (Phi) is 4.66. The van der Waals surface area contributed by atoms with Gasteiger partial charge in [0.05, 0.1) is 5.75 Å². The summed E-state index contributed by atoms with van der Waals surface area (Å²) in [4.78, 5) is 16.0. The second kappa shape index (κ2) is 6.24. The molecule has 2 rings (SSSR count). The predicted octanol–water partition coefficient (Wildman–Crippen LogP) is 2.60. The van der Waals surface area contributed by atoms with Crippen LogP contribution >= 0.6 is 11.8 Å². The van der Waals surface area contributed by atoms with Crippen LogP contribution in [0.1, 0.15) is 37.9 Å². The Balaban J connectivity index is 1.65. The van der Waals surface area contributed by atoms with Crippen molar-refractivity contribution in [2.45, 2.75) is 43.8 Å². The van der Waals surface area contributed by atoms with Crippen molar-refractivity contribution in [2.24, 2.45) is 7.05 Å². The van der Waals surface area contributed by atoms with E-state index in [1.165, 1.54) is 25.7 Å². The lowest BCUT2D eigenvalue weighted by atomic mass is 10.2. The molecule has 0 amide bonds. The van der Waals surface area contributed by atoms with Crippen LogP contribution in [0.5, 0.6) is 0 Å². The summed E-state index contributed by atoms with van der Waals surface area (Å²) in [6.45, 7) is 0. The Hall–Kier alpha value is -0.770. The van der Waals surface area contributed by atoms with Gasteiger partial charge in [-0.3, -0.25) is 4.79 Å². The third kappa shape index (κ3) is 3.87. The van der Waals surface area contributed by atoms with Crippen LogP contribution in [-0.2, 0) is 18.3 Å². The van der Waals surface area contributed by atoms with Crippen LogP contribution in [0.4, 0.5) is 0 Å². The van der Waals surface area contributed by atoms with Gasteiger partial charge in [-0.05, 0) is 12.8 Å². The fourth-order valence-electron chi connectivity index (χ4n) is 2.23. The molecule has 0 aliphatic heterocycles. The molecule has 1 saturated carbocycles. The van der Waals surface area contributed by atoms with E-state index in [0.717, 1.165) is 17.5 Å². The highest BCUT2D eigenvalue weighted by atomic mass is 32.2. The zero-order valence-electron chi connectivity index (χ0n) is 10.4. The fraction of sp³-hybridized carbons (Fsp3) is 0.692. The number of nitrogens with zero attached hydrogens (tertiary/aromatic N) is 2. The molecule has 0 radical (unpaired) electrons. The molecule has 0 spiro atoms. The minimum atomic E-state index is 0.366. The van der Waals surface area contributed by atoms with Crippen LogP contribution in [0.15, 0.2) is 12.4 Å². The van der Waals surface area contributed by atoms with Crippen molar-refractivity contribution >= 4 is 17.5 Å². The number of carbonyl (C=O) groups excluding carboxylic acids is 1. The molecule has 1 fully saturated rings. The maximum Gasteiger partial charge on any atom is 0.143 e. The Morgan fingerprint density at radius 3 is 2.94 bits per heavy atom. The predicted molar refractivity (Wildman–Crippen MR) is 71.3 cm³/mol. The number of ketones is 1. The Labute approximate surface area is 107 Å². The molecule has 1 aromatic rings.